The molecule has 0 bridgehead atoms. The Morgan fingerprint density at radius 3 is 2.57 bits per heavy atom. The van der Waals surface area contributed by atoms with E-state index in [0.717, 1.165) is 29.7 Å². The van der Waals surface area contributed by atoms with E-state index in [2.05, 4.69) is 22.0 Å². The summed E-state index contributed by atoms with van der Waals surface area (Å²) in [4.78, 5) is 8.91. The van der Waals surface area contributed by atoms with Crippen LogP contribution in [0.5, 0.6) is 0 Å². The van der Waals surface area contributed by atoms with Crippen LogP contribution < -0.4 is 5.73 Å². The highest BCUT2D eigenvalue weighted by Crippen LogP contribution is 2.39. The Bertz CT molecular complexity index is 1760. The molecule has 0 amide bonds. The summed E-state index contributed by atoms with van der Waals surface area (Å²) in [7, 11) is -3.13. The summed E-state index contributed by atoms with van der Waals surface area (Å²) in [5.41, 5.74) is 7.75. The van der Waals surface area contributed by atoms with Crippen molar-refractivity contribution in [1.29, 1.82) is 0 Å². The predicted molar refractivity (Wildman–Crippen MR) is 159 cm³/mol. The Hall–Kier alpha value is -3.36. The number of halogens is 2. The van der Waals surface area contributed by atoms with Crippen molar-refractivity contribution < 1.29 is 31.8 Å². The smallest absolute Gasteiger partial charge is 0.149 e. The molecule has 234 valence electrons. The average molecular weight is 628 g/mol. The van der Waals surface area contributed by atoms with Crippen LogP contribution in [0.25, 0.3) is 16.8 Å². The zero-order chi connectivity index (χ0) is 31.2. The quantitative estimate of drug-likeness (QED) is 0.286. The van der Waals surface area contributed by atoms with Crippen molar-refractivity contribution in [2.24, 2.45) is 11.7 Å². The first-order valence-electron chi connectivity index (χ1n) is 14.5. The highest BCUT2D eigenvalue weighted by Gasteiger charge is 2.39. The van der Waals surface area contributed by atoms with Gasteiger partial charge in [-0.3, -0.25) is 4.98 Å². The second-order valence-corrected chi connectivity index (χ2v) is 14.4. The number of nitrogens with two attached hydrogens (primary N) is 1. The van der Waals surface area contributed by atoms with E-state index in [1.54, 1.807) is 29.2 Å². The molecule has 0 unspecified atom stereocenters. The van der Waals surface area contributed by atoms with E-state index in [1.165, 1.54) is 12.3 Å². The van der Waals surface area contributed by atoms with Crippen molar-refractivity contribution in [2.45, 2.75) is 49.9 Å². The van der Waals surface area contributed by atoms with Crippen LogP contribution in [0.4, 0.5) is 8.78 Å². The molecule has 1 aliphatic heterocycles. The maximum atomic E-state index is 15.2. The normalized spacial score (nSPS) is 23.5. The minimum atomic E-state index is -3.13. The van der Waals surface area contributed by atoms with E-state index in [0.29, 0.717) is 24.2 Å². The molecule has 1 saturated carbocycles. The maximum Gasteiger partial charge on any atom is 0.149 e. The van der Waals surface area contributed by atoms with Crippen LogP contribution in [0, 0.1) is 17.6 Å². The molecule has 3 N–H and O–H groups in total. The van der Waals surface area contributed by atoms with Crippen LogP contribution >= 0.6 is 0 Å². The fourth-order valence-electron chi connectivity index (χ4n) is 6.33. The molecule has 10 nitrogen and oxygen atoms in total. The molecule has 1 saturated heterocycles. The van der Waals surface area contributed by atoms with Gasteiger partial charge in [0, 0.05) is 31.1 Å². The Morgan fingerprint density at radius 2 is 1.91 bits per heavy atom. The first-order chi connectivity index (χ1) is 20.9. The minimum absolute atomic E-state index is 0.0182. The molecule has 44 heavy (non-hydrogen) atoms. The SMILES string of the molecule is C[C@H]1C[C@@H](c2ccncc2Cc2ncc3ccc(-c4c(F)cc(C5(O)COC5)cc4F)nn23)C[C@@H](N)[C@H]1OCCS(C)(=O)=O. The summed E-state index contributed by atoms with van der Waals surface area (Å²) < 4.78 is 66.0. The largest absolute Gasteiger partial charge is 0.380 e. The van der Waals surface area contributed by atoms with Gasteiger partial charge >= 0.3 is 0 Å². The van der Waals surface area contributed by atoms with Crippen molar-refractivity contribution >= 4 is 15.4 Å². The second kappa shape index (κ2) is 11.9. The molecular formula is C31H35F2N5O5S. The molecule has 4 aromatic rings. The lowest BCUT2D eigenvalue weighted by Crippen LogP contribution is -2.47. The van der Waals surface area contributed by atoms with Gasteiger partial charge in [0.1, 0.15) is 32.9 Å². The van der Waals surface area contributed by atoms with E-state index >= 15 is 8.78 Å². The Morgan fingerprint density at radius 1 is 1.16 bits per heavy atom. The zero-order valence-corrected chi connectivity index (χ0v) is 25.3. The van der Waals surface area contributed by atoms with Crippen molar-refractivity contribution in [3.05, 3.63) is 83.1 Å². The molecule has 0 radical (unpaired) electrons. The Balaban J connectivity index is 1.24. The molecule has 4 heterocycles. The van der Waals surface area contributed by atoms with Crippen LogP contribution in [0.2, 0.25) is 0 Å². The standard InChI is InChI=1S/C31H35F2N5O5S/c1-18-9-19(10-26(34)30(18)43-7-8-44(2,40)41)23-5-6-35-14-20(23)11-28-36-15-22-3-4-27(37-38(22)28)29-24(32)12-21(13-25(29)33)31(39)16-42-17-31/h3-6,12-15,18-19,26,30,39H,7-11,16-17,34H2,1-2H3/t18-,19+,26+,30-/m0/s1. The van der Waals surface area contributed by atoms with Gasteiger partial charge in [0.2, 0.25) is 0 Å². The topological polar surface area (TPSA) is 142 Å². The van der Waals surface area contributed by atoms with Crippen molar-refractivity contribution in [2.75, 3.05) is 31.8 Å². The summed E-state index contributed by atoms with van der Waals surface area (Å²) in [6.07, 6.45) is 7.97. The van der Waals surface area contributed by atoms with Crippen LogP contribution in [-0.2, 0) is 31.3 Å². The summed E-state index contributed by atoms with van der Waals surface area (Å²) in [5.74, 6) is -0.896. The number of pyridine rings is 1. The molecule has 1 aromatic carbocycles. The number of hydrogen-bond acceptors (Lipinski definition) is 9. The van der Waals surface area contributed by atoms with Gasteiger partial charge < -0.3 is 20.3 Å². The minimum Gasteiger partial charge on any atom is -0.380 e. The van der Waals surface area contributed by atoms with E-state index in [4.69, 9.17) is 15.2 Å². The van der Waals surface area contributed by atoms with Gasteiger partial charge in [-0.15, -0.1) is 0 Å². The number of benzene rings is 1. The highest BCUT2D eigenvalue weighted by atomic mass is 32.2. The van der Waals surface area contributed by atoms with Crippen molar-refractivity contribution in [1.82, 2.24) is 19.6 Å². The number of nitrogens with zero attached hydrogens (tertiary/aromatic N) is 4. The number of sulfone groups is 1. The lowest BCUT2D eigenvalue weighted by molar-refractivity contribution is -0.184. The van der Waals surface area contributed by atoms with Gasteiger partial charge in [-0.2, -0.15) is 5.10 Å². The Kier molecular flexibility index (Phi) is 8.26. The molecular weight excluding hydrogens is 592 g/mol. The molecule has 2 aliphatic rings. The number of rotatable bonds is 9. The number of hydrogen-bond donors (Lipinski definition) is 2. The third-order valence-corrected chi connectivity index (χ3v) is 9.57. The number of aliphatic hydroxyl groups is 1. The number of imidazole rings is 1. The molecule has 0 spiro atoms. The lowest BCUT2D eigenvalue weighted by atomic mass is 9.73. The third-order valence-electron chi connectivity index (χ3n) is 8.66. The van der Waals surface area contributed by atoms with Gasteiger partial charge in [-0.1, -0.05) is 6.92 Å². The van der Waals surface area contributed by atoms with E-state index < -0.39 is 27.1 Å². The number of fused-ring (bicyclic) bond motifs is 1. The first-order valence-corrected chi connectivity index (χ1v) is 16.6. The van der Waals surface area contributed by atoms with Gasteiger partial charge in [-0.25, -0.2) is 26.7 Å². The maximum absolute atomic E-state index is 15.2. The lowest BCUT2D eigenvalue weighted by Gasteiger charge is -2.39. The predicted octanol–water partition coefficient (Wildman–Crippen LogP) is 3.15. The van der Waals surface area contributed by atoms with Gasteiger partial charge in [0.05, 0.1) is 54.6 Å². The monoisotopic (exact) mass is 627 g/mol. The fraction of sp³-hybridized carbons (Fsp3) is 0.452. The molecule has 13 heteroatoms. The summed E-state index contributed by atoms with van der Waals surface area (Å²) in [5, 5.41) is 15.0. The van der Waals surface area contributed by atoms with Crippen LogP contribution in [0.3, 0.4) is 0 Å². The van der Waals surface area contributed by atoms with Gasteiger partial charge in [0.15, 0.2) is 0 Å². The summed E-state index contributed by atoms with van der Waals surface area (Å²) >= 11 is 0. The van der Waals surface area contributed by atoms with Crippen LogP contribution in [-0.4, -0.2) is 77.1 Å². The van der Waals surface area contributed by atoms with E-state index in [9.17, 15) is 13.5 Å². The molecule has 4 atom stereocenters. The Labute approximate surface area is 254 Å². The number of ether oxygens (including phenoxy) is 2. The van der Waals surface area contributed by atoms with Crippen LogP contribution in [0.1, 0.15) is 48.2 Å². The highest BCUT2D eigenvalue weighted by molar-refractivity contribution is 7.90. The van der Waals surface area contributed by atoms with E-state index in [-0.39, 0.29) is 66.4 Å². The summed E-state index contributed by atoms with van der Waals surface area (Å²) in [6.45, 7) is 2.14. The van der Waals surface area contributed by atoms with Gasteiger partial charge in [0.25, 0.3) is 0 Å². The molecule has 1 aliphatic carbocycles. The molecule has 2 fully saturated rings. The van der Waals surface area contributed by atoms with Gasteiger partial charge in [-0.05, 0) is 71.7 Å². The number of aromatic nitrogens is 4. The first kappa shape index (κ1) is 30.7. The van der Waals surface area contributed by atoms with Crippen molar-refractivity contribution in [3.63, 3.8) is 0 Å². The molecule has 6 rings (SSSR count). The zero-order valence-electron chi connectivity index (χ0n) is 24.5. The molecule has 3 aromatic heterocycles. The fourth-order valence-corrected chi connectivity index (χ4v) is 6.73. The van der Waals surface area contributed by atoms with Crippen molar-refractivity contribution in [3.8, 4) is 11.3 Å². The summed E-state index contributed by atoms with van der Waals surface area (Å²) in [6, 6.07) is 7.20. The second-order valence-electron chi connectivity index (χ2n) is 12.1. The van der Waals surface area contributed by atoms with Crippen LogP contribution in [0.15, 0.2) is 48.9 Å². The van der Waals surface area contributed by atoms with E-state index in [1.807, 2.05) is 6.07 Å². The average Bonchev–Trinajstić information content (AvgIpc) is 3.34. The third kappa shape index (κ3) is 6.11.